The van der Waals surface area contributed by atoms with Crippen LogP contribution in [0.3, 0.4) is 0 Å². The molecule has 0 aromatic carbocycles. The van der Waals surface area contributed by atoms with Gasteiger partial charge >= 0.3 is 12.1 Å². The third-order valence-electron chi connectivity index (χ3n) is 22.6. The van der Waals surface area contributed by atoms with Gasteiger partial charge < -0.3 is 35.6 Å². The smallest absolute Gasteiger partial charge is 0.326 e. The van der Waals surface area contributed by atoms with Gasteiger partial charge in [0.2, 0.25) is 0 Å². The molecule has 2 atom stereocenters. The number of carbonyl (C=O) groups is 4. The minimum atomic E-state index is -4.25. The van der Waals surface area contributed by atoms with E-state index in [-0.39, 0.29) is 60.5 Å². The van der Waals surface area contributed by atoms with Crippen LogP contribution in [0.2, 0.25) is 5.15 Å². The highest BCUT2D eigenvalue weighted by Gasteiger charge is 2.58. The predicted octanol–water partition coefficient (Wildman–Crippen LogP) is 9.66. The second kappa shape index (κ2) is 23.5. The molecule has 8 saturated carbocycles. The fourth-order valence-corrected chi connectivity index (χ4v) is 21.6. The van der Waals surface area contributed by atoms with E-state index in [1.165, 1.54) is 82.1 Å². The number of hydrogen-bond donors (Lipinski definition) is 5. The molecule has 0 radical (unpaired) electrons. The Morgan fingerprint density at radius 2 is 0.923 bits per heavy atom. The first kappa shape index (κ1) is 61.9. The molecule has 25 heteroatoms. The maximum atomic E-state index is 14.1. The molecule has 10 heterocycles. The van der Waals surface area contributed by atoms with Crippen molar-refractivity contribution in [1.29, 1.82) is 0 Å². The van der Waals surface area contributed by atoms with Gasteiger partial charge in [-0.1, -0.05) is 23.7 Å². The maximum Gasteiger partial charge on any atom is 0.326 e. The van der Waals surface area contributed by atoms with Crippen molar-refractivity contribution < 1.29 is 36.0 Å². The Hall–Kier alpha value is -6.53. The molecule has 488 valence electrons. The minimum Gasteiger partial charge on any atom is -0.370 e. The molecule has 0 unspecified atom stereocenters. The first-order valence-electron chi connectivity index (χ1n) is 33.3. The van der Waals surface area contributed by atoms with Gasteiger partial charge in [0.25, 0.3) is 31.9 Å². The zero-order chi connectivity index (χ0) is 63.4. The van der Waals surface area contributed by atoms with E-state index >= 15 is 0 Å². The molecule has 12 fully saturated rings. The second-order valence-corrected chi connectivity index (χ2v) is 33.7. The number of pyridine rings is 4. The van der Waals surface area contributed by atoms with Gasteiger partial charge in [0.1, 0.15) is 34.2 Å². The van der Waals surface area contributed by atoms with Crippen LogP contribution in [0.4, 0.5) is 38.7 Å². The summed E-state index contributed by atoms with van der Waals surface area (Å²) in [5, 5.41) is 9.19. The van der Waals surface area contributed by atoms with Gasteiger partial charge in [-0.3, -0.25) is 14.5 Å². The van der Waals surface area contributed by atoms with Gasteiger partial charge in [0, 0.05) is 74.5 Å². The van der Waals surface area contributed by atoms with Crippen LogP contribution in [0.25, 0.3) is 0 Å². The van der Waals surface area contributed by atoms with Gasteiger partial charge in [-0.15, -0.1) is 0 Å². The fourth-order valence-electron chi connectivity index (χ4n) is 19.6. The predicted molar refractivity (Wildman–Crippen MR) is 347 cm³/mol. The van der Waals surface area contributed by atoms with Crippen LogP contribution in [-0.4, -0.2) is 145 Å². The summed E-state index contributed by atoms with van der Waals surface area (Å²) in [6, 6.07) is 15.9. The normalized spacial score (nSPS) is 32.8. The fraction of sp³-hybridized carbons (Fsp3) is 0.636. The average molecular weight is 1300 g/mol. The number of carbonyl (C=O) groups excluding carboxylic acids is 4. The monoisotopic (exact) mass is 1300 g/mol. The number of rotatable bonds is 3. The second-order valence-electron chi connectivity index (χ2n) is 30.0. The van der Waals surface area contributed by atoms with Crippen LogP contribution >= 0.6 is 11.6 Å². The lowest BCUT2D eigenvalue weighted by Crippen LogP contribution is -2.60. The lowest BCUT2D eigenvalue weighted by atomic mass is 9.52. The summed E-state index contributed by atoms with van der Waals surface area (Å²) in [4.78, 5) is 81.0. The standard InChI is InChI=1S/C33H43N7O4S.C20H24ClN5O3S.C13H20N2O/c1-32(2)16-21-5-4-10-34-26-6-3-7-28(35-26)45(43,44)37-30(41)25-8-9-27(36-29(25)40(32)20-21)38-11-12-39(31(38)42)33-17-22-13-23(18-33)15-24(14-22)19-33;1-20(2)11-13-5-4-10-22-16-6-3-7-17(24-16)30(28,29)25-19(27)14-8-9-15(21)23-18(14)26(20)12-13;16-12-14-1-2-15(12)13-6-9-3-10(7-13)5-11(4-9)8-13/h3,6-9,21-24H,4-5,10-20H2,1-2H3,(H,34,35)(H,37,41);3,6-9,13H,4-5,10-12H2,1-2H3,(H,22,24)(H,25,27);9-11H,1-8H2,(H,14,16)/t21-,22?,23?,24?,33?;13-;/m00./s1. The van der Waals surface area contributed by atoms with Gasteiger partial charge in [-0.25, -0.2) is 39.0 Å². The number of nitrogens with zero attached hydrogens (tertiary/aromatic N) is 9. The highest BCUT2D eigenvalue weighted by atomic mass is 35.5. The first-order chi connectivity index (χ1) is 43.4. The van der Waals surface area contributed by atoms with Gasteiger partial charge in [-0.05, 0) is 239 Å². The number of anilines is 5. The van der Waals surface area contributed by atoms with E-state index < -0.39 is 31.9 Å². The van der Waals surface area contributed by atoms with Crippen LogP contribution in [0.5, 0.6) is 0 Å². The first-order valence-corrected chi connectivity index (χ1v) is 36.7. The Bertz CT molecular complexity index is 3710. The van der Waals surface area contributed by atoms with Gasteiger partial charge in [0.05, 0.1) is 11.1 Å². The van der Waals surface area contributed by atoms with Crippen molar-refractivity contribution in [2.75, 3.05) is 77.7 Å². The molecule has 22 nitrogen and oxygen atoms in total. The summed E-state index contributed by atoms with van der Waals surface area (Å²) < 4.78 is 56.6. The molecular weight excluding hydrogens is 1220 g/mol. The minimum absolute atomic E-state index is 0.00517. The van der Waals surface area contributed by atoms with Crippen molar-refractivity contribution in [3.05, 3.63) is 76.9 Å². The average Bonchev–Trinajstić information content (AvgIpc) is 1.73. The number of fused-ring (bicyclic) bond motifs is 12. The van der Waals surface area contributed by atoms with Crippen molar-refractivity contribution in [2.45, 2.75) is 175 Å². The van der Waals surface area contributed by atoms with Crippen molar-refractivity contribution in [3.8, 4) is 0 Å². The van der Waals surface area contributed by atoms with Crippen molar-refractivity contribution in [3.63, 3.8) is 0 Å². The van der Waals surface area contributed by atoms with E-state index in [0.717, 1.165) is 113 Å². The number of aromatic nitrogens is 4. The zero-order valence-corrected chi connectivity index (χ0v) is 55.2. The van der Waals surface area contributed by atoms with Gasteiger partial charge in [0.15, 0.2) is 10.1 Å². The van der Waals surface area contributed by atoms with E-state index in [4.69, 9.17) is 16.6 Å². The lowest BCUT2D eigenvalue weighted by Gasteiger charge is -2.59. The van der Waals surface area contributed by atoms with E-state index in [1.807, 2.05) is 0 Å². The Kier molecular flexibility index (Phi) is 16.0. The number of amides is 6. The number of hydrogen-bond acceptors (Lipinski definition) is 16. The molecule has 14 aliphatic rings. The van der Waals surface area contributed by atoms with Gasteiger partial charge in [-0.2, -0.15) is 16.8 Å². The number of urea groups is 2. The summed E-state index contributed by atoms with van der Waals surface area (Å²) in [7, 11) is -8.40. The number of sulfonamides is 2. The van der Waals surface area contributed by atoms with Crippen LogP contribution in [-0.2, 0) is 20.0 Å². The Morgan fingerprint density at radius 1 is 0.473 bits per heavy atom. The molecule has 4 aromatic rings. The van der Waals surface area contributed by atoms with Crippen molar-refractivity contribution in [1.82, 2.24) is 44.5 Å². The van der Waals surface area contributed by atoms with Crippen LogP contribution < -0.4 is 40.1 Å². The molecule has 16 bridgehead atoms. The third-order valence-corrected chi connectivity index (χ3v) is 25.2. The third kappa shape index (κ3) is 12.0. The molecule has 8 aliphatic carbocycles. The molecule has 4 saturated heterocycles. The molecule has 6 amide bonds. The summed E-state index contributed by atoms with van der Waals surface area (Å²) in [6.07, 6.45) is 21.2. The van der Waals surface area contributed by atoms with Crippen molar-refractivity contribution >= 4 is 84.6 Å². The van der Waals surface area contributed by atoms with E-state index in [0.29, 0.717) is 73.6 Å². The lowest BCUT2D eigenvalue weighted by molar-refractivity contribution is -0.0643. The summed E-state index contributed by atoms with van der Waals surface area (Å²) in [5.74, 6) is 6.52. The Balaban J connectivity index is 0.000000133. The SMILES string of the molecule is CC1(C)C[C@@H]2CCCNc3cccc(n3)S(=O)(=O)NC(=O)c3ccc(Cl)nc3N1C2.CC1(C)C[C@@H]2CCCNc3cccc(n3)S(=O)(=O)NC(=O)c3ccc(N4CCN(C56CC7CC(CC(C7)C5)C6)C4=O)nc3N1C2.O=C1NCCN1C12CC3CC(CC(C3)C1)C2. The number of halogens is 1. The van der Waals surface area contributed by atoms with E-state index in [9.17, 15) is 36.0 Å². The van der Waals surface area contributed by atoms with E-state index in [2.05, 4.69) is 87.6 Å². The molecule has 18 rings (SSSR count). The highest BCUT2D eigenvalue weighted by Crippen LogP contribution is 2.60. The van der Waals surface area contributed by atoms with Crippen LogP contribution in [0.15, 0.2) is 70.7 Å². The largest absolute Gasteiger partial charge is 0.370 e. The summed E-state index contributed by atoms with van der Waals surface area (Å²) in [5.41, 5.74) is 0.0136. The van der Waals surface area contributed by atoms with Crippen LogP contribution in [0, 0.1) is 47.3 Å². The zero-order valence-electron chi connectivity index (χ0n) is 52.8. The molecule has 6 aliphatic heterocycles. The van der Waals surface area contributed by atoms with Crippen molar-refractivity contribution in [2.24, 2.45) is 47.3 Å². The maximum absolute atomic E-state index is 14.1. The summed E-state index contributed by atoms with van der Waals surface area (Å²) >= 11 is 6.14. The highest BCUT2D eigenvalue weighted by molar-refractivity contribution is 7.90. The molecule has 4 aromatic heterocycles. The molecule has 91 heavy (non-hydrogen) atoms. The van der Waals surface area contributed by atoms with Crippen LogP contribution in [0.1, 0.15) is 164 Å². The van der Waals surface area contributed by atoms with E-state index in [1.54, 1.807) is 41.3 Å². The summed E-state index contributed by atoms with van der Waals surface area (Å²) in [6.45, 7) is 14.3. The molecular formula is C66H87ClN14O8S2. The quantitative estimate of drug-likeness (QED) is 0.120. The molecule has 5 N–H and O–H groups in total. The Morgan fingerprint density at radius 3 is 1.38 bits per heavy atom. The Labute approximate surface area is 539 Å². The topological polar surface area (TPSA) is 264 Å². The molecule has 0 spiro atoms. The number of nitrogens with one attached hydrogen (secondary N) is 5.